The fraction of sp³-hybridized carbons (Fsp3) is 0.538. The molecule has 0 atom stereocenters. The molecule has 4 nitrogen and oxygen atoms in total. The summed E-state index contributed by atoms with van der Waals surface area (Å²) in [5.74, 6) is -0.874. The summed E-state index contributed by atoms with van der Waals surface area (Å²) < 4.78 is 0. The van der Waals surface area contributed by atoms with Gasteiger partial charge in [-0.2, -0.15) is 0 Å². The molecule has 1 aliphatic rings. The van der Waals surface area contributed by atoms with Crippen molar-refractivity contribution < 1.29 is 14.7 Å². The molecule has 0 spiro atoms. The van der Waals surface area contributed by atoms with Crippen LogP contribution in [0.1, 0.15) is 40.2 Å². The molecular formula is C13H17NO3S. The van der Waals surface area contributed by atoms with Gasteiger partial charge in [0.05, 0.1) is 11.3 Å². The minimum Gasteiger partial charge on any atom is -0.481 e. The number of hydrogen-bond acceptors (Lipinski definition) is 3. The second kappa shape index (κ2) is 5.10. The van der Waals surface area contributed by atoms with Gasteiger partial charge in [0.2, 0.25) is 0 Å². The number of hydrogen-bond donors (Lipinski definition) is 2. The highest BCUT2D eigenvalue weighted by Crippen LogP contribution is 2.43. The Labute approximate surface area is 110 Å². The minimum absolute atomic E-state index is 0.0928. The molecule has 1 aliphatic carbocycles. The number of aryl methyl sites for hydroxylation is 1. The lowest BCUT2D eigenvalue weighted by Crippen LogP contribution is -2.43. The lowest BCUT2D eigenvalue weighted by molar-refractivity contribution is -0.141. The SMILES string of the molecule is Cc1ccc(C(=O)NCC2(CC(=O)O)CCC2)s1. The van der Waals surface area contributed by atoms with Crippen LogP contribution in [0, 0.1) is 12.3 Å². The second-order valence-corrected chi connectivity index (χ2v) is 6.30. The first kappa shape index (κ1) is 13.1. The molecule has 18 heavy (non-hydrogen) atoms. The Hall–Kier alpha value is -1.36. The van der Waals surface area contributed by atoms with E-state index in [9.17, 15) is 9.59 Å². The average molecular weight is 267 g/mol. The predicted molar refractivity (Wildman–Crippen MR) is 69.9 cm³/mol. The monoisotopic (exact) mass is 267 g/mol. The van der Waals surface area contributed by atoms with Crippen LogP contribution in [0.3, 0.4) is 0 Å². The first-order chi connectivity index (χ1) is 8.51. The maximum atomic E-state index is 11.9. The summed E-state index contributed by atoms with van der Waals surface area (Å²) in [6.07, 6.45) is 2.99. The van der Waals surface area contributed by atoms with E-state index in [1.54, 1.807) is 6.07 Å². The molecular weight excluding hydrogens is 250 g/mol. The van der Waals surface area contributed by atoms with Gasteiger partial charge in [-0.3, -0.25) is 9.59 Å². The summed E-state index contributed by atoms with van der Waals surface area (Å²) in [5.41, 5.74) is -0.214. The number of rotatable bonds is 5. The number of carbonyl (C=O) groups is 2. The summed E-state index contributed by atoms with van der Waals surface area (Å²) in [5, 5.41) is 11.8. The Morgan fingerprint density at radius 1 is 1.44 bits per heavy atom. The number of amides is 1. The Morgan fingerprint density at radius 3 is 2.61 bits per heavy atom. The Morgan fingerprint density at radius 2 is 2.17 bits per heavy atom. The highest BCUT2D eigenvalue weighted by molar-refractivity contribution is 7.13. The second-order valence-electron chi connectivity index (χ2n) is 5.02. The van der Waals surface area contributed by atoms with E-state index >= 15 is 0 Å². The van der Waals surface area contributed by atoms with Gasteiger partial charge in [0, 0.05) is 11.4 Å². The van der Waals surface area contributed by atoms with Gasteiger partial charge >= 0.3 is 5.97 Å². The normalized spacial score (nSPS) is 16.9. The maximum absolute atomic E-state index is 11.9. The molecule has 1 aromatic rings. The number of carbonyl (C=O) groups excluding carboxylic acids is 1. The van der Waals surface area contributed by atoms with Gasteiger partial charge in [-0.1, -0.05) is 6.42 Å². The minimum atomic E-state index is -0.782. The van der Waals surface area contributed by atoms with Crippen molar-refractivity contribution in [2.75, 3.05) is 6.54 Å². The lowest BCUT2D eigenvalue weighted by Gasteiger charge is -2.40. The summed E-state index contributed by atoms with van der Waals surface area (Å²) in [4.78, 5) is 24.5. The van der Waals surface area contributed by atoms with Crippen molar-refractivity contribution in [1.82, 2.24) is 5.32 Å². The van der Waals surface area contributed by atoms with E-state index in [-0.39, 0.29) is 17.7 Å². The quantitative estimate of drug-likeness (QED) is 0.861. The number of carboxylic acid groups (broad SMARTS) is 1. The third-order valence-electron chi connectivity index (χ3n) is 3.53. The van der Waals surface area contributed by atoms with E-state index in [2.05, 4.69) is 5.32 Å². The van der Waals surface area contributed by atoms with Crippen LogP contribution < -0.4 is 5.32 Å². The van der Waals surface area contributed by atoms with Crippen molar-refractivity contribution >= 4 is 23.2 Å². The summed E-state index contributed by atoms with van der Waals surface area (Å²) >= 11 is 1.46. The predicted octanol–water partition coefficient (Wildman–Crippen LogP) is 2.43. The van der Waals surface area contributed by atoms with E-state index in [1.165, 1.54) is 11.3 Å². The number of aliphatic carboxylic acids is 1. The van der Waals surface area contributed by atoms with Crippen molar-refractivity contribution in [3.63, 3.8) is 0 Å². The van der Waals surface area contributed by atoms with Crippen LogP contribution in [0.15, 0.2) is 12.1 Å². The third kappa shape index (κ3) is 2.90. The molecule has 2 N–H and O–H groups in total. The van der Waals surface area contributed by atoms with E-state index in [0.29, 0.717) is 11.4 Å². The Bertz CT molecular complexity index is 463. The molecule has 1 saturated carbocycles. The molecule has 98 valence electrons. The van der Waals surface area contributed by atoms with Crippen LogP contribution in [-0.4, -0.2) is 23.5 Å². The van der Waals surface area contributed by atoms with Crippen molar-refractivity contribution in [1.29, 1.82) is 0 Å². The van der Waals surface area contributed by atoms with E-state index in [4.69, 9.17) is 5.11 Å². The van der Waals surface area contributed by atoms with Gasteiger partial charge in [0.15, 0.2) is 0 Å². The molecule has 1 amide bonds. The molecule has 1 fully saturated rings. The molecule has 0 bridgehead atoms. The molecule has 0 aliphatic heterocycles. The number of thiophene rings is 1. The highest BCUT2D eigenvalue weighted by Gasteiger charge is 2.39. The molecule has 0 radical (unpaired) electrons. The zero-order valence-corrected chi connectivity index (χ0v) is 11.2. The molecule has 0 unspecified atom stereocenters. The van der Waals surface area contributed by atoms with Gasteiger partial charge < -0.3 is 10.4 Å². The molecule has 0 saturated heterocycles. The molecule has 5 heteroatoms. The molecule has 0 aromatic carbocycles. The Balaban J connectivity index is 1.90. The van der Waals surface area contributed by atoms with Gasteiger partial charge in [0.25, 0.3) is 5.91 Å². The van der Waals surface area contributed by atoms with Crippen LogP contribution in [0.4, 0.5) is 0 Å². The third-order valence-corrected chi connectivity index (χ3v) is 4.53. The first-order valence-corrected chi connectivity index (χ1v) is 6.89. The molecule has 1 heterocycles. The van der Waals surface area contributed by atoms with Crippen molar-refractivity contribution in [3.05, 3.63) is 21.9 Å². The maximum Gasteiger partial charge on any atom is 0.303 e. The Kier molecular flexibility index (Phi) is 3.71. The van der Waals surface area contributed by atoms with Gasteiger partial charge in [-0.25, -0.2) is 0 Å². The number of carboxylic acids is 1. The highest BCUT2D eigenvalue weighted by atomic mass is 32.1. The topological polar surface area (TPSA) is 66.4 Å². The van der Waals surface area contributed by atoms with Gasteiger partial charge in [-0.15, -0.1) is 11.3 Å². The molecule has 1 aromatic heterocycles. The lowest BCUT2D eigenvalue weighted by atomic mass is 9.66. The standard InChI is InChI=1S/C13H17NO3S/c1-9-3-4-10(18-9)12(17)14-8-13(5-2-6-13)7-11(15)16/h3-4H,2,5-8H2,1H3,(H,14,17)(H,15,16). The number of nitrogens with one attached hydrogen (secondary N) is 1. The smallest absolute Gasteiger partial charge is 0.303 e. The average Bonchev–Trinajstić information content (AvgIpc) is 2.68. The zero-order valence-electron chi connectivity index (χ0n) is 10.4. The van der Waals surface area contributed by atoms with Gasteiger partial charge in [0.1, 0.15) is 0 Å². The van der Waals surface area contributed by atoms with E-state index in [0.717, 1.165) is 24.1 Å². The summed E-state index contributed by atoms with van der Waals surface area (Å²) in [6.45, 7) is 2.42. The van der Waals surface area contributed by atoms with Crippen LogP contribution >= 0.6 is 11.3 Å². The summed E-state index contributed by atoms with van der Waals surface area (Å²) in [7, 11) is 0. The van der Waals surface area contributed by atoms with Gasteiger partial charge in [-0.05, 0) is 37.3 Å². The van der Waals surface area contributed by atoms with E-state index < -0.39 is 5.97 Å². The van der Waals surface area contributed by atoms with Crippen molar-refractivity contribution in [2.45, 2.75) is 32.6 Å². The van der Waals surface area contributed by atoms with Crippen molar-refractivity contribution in [3.8, 4) is 0 Å². The first-order valence-electron chi connectivity index (χ1n) is 6.07. The summed E-state index contributed by atoms with van der Waals surface area (Å²) in [6, 6.07) is 3.72. The largest absolute Gasteiger partial charge is 0.481 e. The van der Waals surface area contributed by atoms with E-state index in [1.807, 2.05) is 13.0 Å². The van der Waals surface area contributed by atoms with Crippen molar-refractivity contribution in [2.24, 2.45) is 5.41 Å². The van der Waals surface area contributed by atoms with Crippen LogP contribution in [0.5, 0.6) is 0 Å². The fourth-order valence-corrected chi connectivity index (χ4v) is 3.11. The fourth-order valence-electron chi connectivity index (χ4n) is 2.33. The van der Waals surface area contributed by atoms with Crippen LogP contribution in [-0.2, 0) is 4.79 Å². The molecule has 2 rings (SSSR count). The van der Waals surface area contributed by atoms with Crippen LogP contribution in [0.2, 0.25) is 0 Å². The zero-order chi connectivity index (χ0) is 13.2. The van der Waals surface area contributed by atoms with Crippen LogP contribution in [0.25, 0.3) is 0 Å².